The maximum atomic E-state index is 13.0. The van der Waals surface area contributed by atoms with E-state index in [2.05, 4.69) is 21.9 Å². The lowest BCUT2D eigenvalue weighted by atomic mass is 9.78. The van der Waals surface area contributed by atoms with E-state index in [0.717, 1.165) is 49.6 Å². The first-order valence-electron chi connectivity index (χ1n) is 10.8. The molecule has 1 saturated carbocycles. The molecule has 2 aliphatic heterocycles. The number of anilines is 1. The van der Waals surface area contributed by atoms with E-state index in [4.69, 9.17) is 4.74 Å². The van der Waals surface area contributed by atoms with Crippen molar-refractivity contribution in [2.24, 2.45) is 5.92 Å². The molecule has 27 heavy (non-hydrogen) atoms. The Bertz CT molecular complexity index is 640. The van der Waals surface area contributed by atoms with Gasteiger partial charge in [-0.05, 0) is 44.2 Å². The minimum absolute atomic E-state index is 0.357. The van der Waals surface area contributed by atoms with Crippen LogP contribution in [0.3, 0.4) is 0 Å². The minimum atomic E-state index is 0.357. The molecule has 1 amide bonds. The van der Waals surface area contributed by atoms with Gasteiger partial charge in [0.15, 0.2) is 6.54 Å². The summed E-state index contributed by atoms with van der Waals surface area (Å²) in [5.74, 6) is 2.15. The van der Waals surface area contributed by atoms with Crippen LogP contribution in [0.25, 0.3) is 0 Å². The number of para-hydroxylation sites is 2. The van der Waals surface area contributed by atoms with Crippen LogP contribution in [0.2, 0.25) is 0 Å². The smallest absolute Gasteiger partial charge is 0.277 e. The molecule has 2 heterocycles. The van der Waals surface area contributed by atoms with E-state index >= 15 is 0 Å². The summed E-state index contributed by atoms with van der Waals surface area (Å²) in [5, 5.41) is 0. The largest absolute Gasteiger partial charge is 0.495 e. The number of amides is 1. The molecule has 1 aromatic carbocycles. The Labute approximate surface area is 163 Å². The summed E-state index contributed by atoms with van der Waals surface area (Å²) in [6, 6.07) is 8.91. The Morgan fingerprint density at radius 2 is 1.81 bits per heavy atom. The standard InChI is InChI=1S/C22H33N3O2/c1-27-21-11-5-4-10-20(21)23-13-15-24(16-14-23)22(26)17-25-12-6-8-18-7-2-3-9-19(18)25/h4-5,10-11,18-19H,2-3,6-9,12-17H2,1H3/p+1/t18-,19-/m0/s1. The predicted octanol–water partition coefficient (Wildman–Crippen LogP) is 1.58. The first kappa shape index (κ1) is 18.6. The van der Waals surface area contributed by atoms with Crippen molar-refractivity contribution in [3.8, 4) is 5.75 Å². The van der Waals surface area contributed by atoms with Crippen LogP contribution in [0.5, 0.6) is 5.75 Å². The highest BCUT2D eigenvalue weighted by atomic mass is 16.5. The Hall–Kier alpha value is -1.75. The summed E-state index contributed by atoms with van der Waals surface area (Å²) in [4.78, 5) is 19.0. The number of benzene rings is 1. The average Bonchev–Trinajstić information content (AvgIpc) is 2.74. The Morgan fingerprint density at radius 3 is 2.63 bits per heavy atom. The fraction of sp³-hybridized carbons (Fsp3) is 0.682. The molecule has 0 spiro atoms. The highest BCUT2D eigenvalue weighted by Gasteiger charge is 2.38. The molecular weight excluding hydrogens is 338 g/mol. The summed E-state index contributed by atoms with van der Waals surface area (Å²) in [7, 11) is 1.72. The second-order valence-corrected chi connectivity index (χ2v) is 8.42. The van der Waals surface area contributed by atoms with E-state index in [-0.39, 0.29) is 0 Å². The fourth-order valence-electron chi connectivity index (χ4n) is 5.48. The normalized spacial score (nSPS) is 28.6. The SMILES string of the molecule is COc1ccccc1N1CCN(C(=O)C[NH+]2CCC[C@@H]3CCCC[C@@H]32)CC1. The molecule has 5 heteroatoms. The van der Waals surface area contributed by atoms with Crippen molar-refractivity contribution in [2.75, 3.05) is 51.3 Å². The van der Waals surface area contributed by atoms with E-state index in [0.29, 0.717) is 12.5 Å². The van der Waals surface area contributed by atoms with Crippen molar-refractivity contribution in [1.82, 2.24) is 4.90 Å². The van der Waals surface area contributed by atoms with Gasteiger partial charge in [-0.15, -0.1) is 0 Å². The predicted molar refractivity (Wildman–Crippen MR) is 107 cm³/mol. The van der Waals surface area contributed by atoms with Gasteiger partial charge < -0.3 is 19.4 Å². The molecule has 1 unspecified atom stereocenters. The summed E-state index contributed by atoms with van der Waals surface area (Å²) < 4.78 is 5.50. The number of ether oxygens (including phenoxy) is 1. The molecule has 148 valence electrons. The first-order valence-corrected chi connectivity index (χ1v) is 10.8. The summed E-state index contributed by atoms with van der Waals surface area (Å²) in [6.45, 7) is 5.29. The zero-order valence-corrected chi connectivity index (χ0v) is 16.7. The van der Waals surface area contributed by atoms with E-state index in [1.807, 2.05) is 12.1 Å². The molecule has 0 radical (unpaired) electrons. The Kier molecular flexibility index (Phi) is 5.86. The molecule has 1 aromatic rings. The number of fused-ring (bicyclic) bond motifs is 1. The number of carbonyl (C=O) groups is 1. The molecule has 1 N–H and O–H groups in total. The number of nitrogens with zero attached hydrogens (tertiary/aromatic N) is 2. The number of nitrogens with one attached hydrogen (secondary N) is 1. The topological polar surface area (TPSA) is 37.2 Å². The van der Waals surface area contributed by atoms with E-state index in [1.54, 1.807) is 12.0 Å². The van der Waals surface area contributed by atoms with E-state index in [1.165, 1.54) is 45.1 Å². The minimum Gasteiger partial charge on any atom is -0.495 e. The summed E-state index contributed by atoms with van der Waals surface area (Å²) in [5.41, 5.74) is 1.14. The number of quaternary nitrogens is 1. The zero-order chi connectivity index (χ0) is 18.6. The summed E-state index contributed by atoms with van der Waals surface area (Å²) in [6.07, 6.45) is 8.16. The van der Waals surface area contributed by atoms with Crippen molar-refractivity contribution in [3.05, 3.63) is 24.3 Å². The van der Waals surface area contributed by atoms with Gasteiger partial charge in [-0.3, -0.25) is 4.79 Å². The van der Waals surface area contributed by atoms with Crippen molar-refractivity contribution in [3.63, 3.8) is 0 Å². The van der Waals surface area contributed by atoms with Gasteiger partial charge in [-0.25, -0.2) is 0 Å². The highest BCUT2D eigenvalue weighted by molar-refractivity contribution is 5.77. The fourth-order valence-corrected chi connectivity index (χ4v) is 5.48. The van der Waals surface area contributed by atoms with Crippen LogP contribution in [0, 0.1) is 5.92 Å². The van der Waals surface area contributed by atoms with Crippen molar-refractivity contribution < 1.29 is 14.4 Å². The van der Waals surface area contributed by atoms with Crippen LogP contribution in [0.4, 0.5) is 5.69 Å². The van der Waals surface area contributed by atoms with Crippen LogP contribution in [-0.4, -0.2) is 63.2 Å². The maximum absolute atomic E-state index is 13.0. The molecule has 0 bridgehead atoms. The molecule has 3 atom stereocenters. The second-order valence-electron chi connectivity index (χ2n) is 8.42. The molecule has 3 aliphatic rings. The number of hydrogen-bond acceptors (Lipinski definition) is 3. The molecule has 1 aliphatic carbocycles. The third-order valence-corrected chi connectivity index (χ3v) is 6.94. The lowest BCUT2D eigenvalue weighted by Crippen LogP contribution is -3.18. The average molecular weight is 373 g/mol. The highest BCUT2D eigenvalue weighted by Crippen LogP contribution is 2.29. The maximum Gasteiger partial charge on any atom is 0.277 e. The first-order chi connectivity index (χ1) is 13.3. The molecule has 5 nitrogen and oxygen atoms in total. The number of methoxy groups -OCH3 is 1. The molecular formula is C22H34N3O2+. The number of piperazine rings is 1. The Morgan fingerprint density at radius 1 is 1.07 bits per heavy atom. The van der Waals surface area contributed by atoms with E-state index in [9.17, 15) is 4.79 Å². The zero-order valence-electron chi connectivity index (χ0n) is 16.7. The summed E-state index contributed by atoms with van der Waals surface area (Å²) >= 11 is 0. The lowest BCUT2D eigenvalue weighted by Gasteiger charge is -2.42. The van der Waals surface area contributed by atoms with Crippen molar-refractivity contribution in [2.45, 2.75) is 44.6 Å². The van der Waals surface area contributed by atoms with Gasteiger partial charge in [0.2, 0.25) is 0 Å². The van der Waals surface area contributed by atoms with E-state index < -0.39 is 0 Å². The number of piperidine rings is 1. The number of carbonyl (C=O) groups excluding carboxylic acids is 1. The van der Waals surface area contributed by atoms with Gasteiger partial charge in [0.1, 0.15) is 5.75 Å². The van der Waals surface area contributed by atoms with Gasteiger partial charge in [0.05, 0.1) is 25.4 Å². The van der Waals surface area contributed by atoms with Crippen LogP contribution in [-0.2, 0) is 4.79 Å². The quantitative estimate of drug-likeness (QED) is 0.872. The van der Waals surface area contributed by atoms with Crippen LogP contribution < -0.4 is 14.5 Å². The molecule has 4 rings (SSSR count). The third-order valence-electron chi connectivity index (χ3n) is 6.94. The van der Waals surface area contributed by atoms with Crippen LogP contribution in [0.1, 0.15) is 38.5 Å². The van der Waals surface area contributed by atoms with Gasteiger partial charge in [0, 0.05) is 32.1 Å². The monoisotopic (exact) mass is 372 g/mol. The van der Waals surface area contributed by atoms with Crippen molar-refractivity contribution >= 4 is 11.6 Å². The molecule has 2 saturated heterocycles. The second kappa shape index (κ2) is 8.51. The third kappa shape index (κ3) is 4.08. The van der Waals surface area contributed by atoms with Gasteiger partial charge in [-0.1, -0.05) is 18.6 Å². The van der Waals surface area contributed by atoms with Gasteiger partial charge in [0.25, 0.3) is 5.91 Å². The number of likely N-dealkylation sites (tertiary alicyclic amines) is 1. The molecule has 0 aromatic heterocycles. The number of hydrogen-bond donors (Lipinski definition) is 1. The van der Waals surface area contributed by atoms with Gasteiger partial charge >= 0.3 is 0 Å². The van der Waals surface area contributed by atoms with Crippen LogP contribution >= 0.6 is 0 Å². The van der Waals surface area contributed by atoms with Gasteiger partial charge in [-0.2, -0.15) is 0 Å². The van der Waals surface area contributed by atoms with Crippen molar-refractivity contribution in [1.29, 1.82) is 0 Å². The number of rotatable bonds is 4. The Balaban J connectivity index is 1.32. The van der Waals surface area contributed by atoms with Crippen LogP contribution in [0.15, 0.2) is 24.3 Å². The molecule has 3 fully saturated rings. The lowest BCUT2D eigenvalue weighted by molar-refractivity contribution is -0.929.